The van der Waals surface area contributed by atoms with Gasteiger partial charge in [-0.2, -0.15) is 0 Å². The van der Waals surface area contributed by atoms with Gasteiger partial charge < -0.3 is 9.31 Å². The highest BCUT2D eigenvalue weighted by Gasteiger charge is 2.50. The maximum Gasteiger partial charge on any atom is 0.457 e. The standard InChI is InChI=1S/C23H32BNO2/c1-22(2)23(3,4)27-24(26-22)16-11-17-25(18-20-12-7-5-8-13-20)19-21-14-9-6-10-15-21/h5-10,12-15H,11,16-19H2,1-4H3. The molecule has 1 saturated heterocycles. The maximum atomic E-state index is 6.14. The van der Waals surface area contributed by atoms with Crippen LogP contribution in [0.5, 0.6) is 0 Å². The molecule has 0 radical (unpaired) electrons. The Bertz CT molecular complexity index is 645. The van der Waals surface area contributed by atoms with Crippen LogP contribution >= 0.6 is 0 Å². The maximum absolute atomic E-state index is 6.14. The Morgan fingerprint density at radius 1 is 0.741 bits per heavy atom. The van der Waals surface area contributed by atoms with Gasteiger partial charge in [0.1, 0.15) is 0 Å². The van der Waals surface area contributed by atoms with Crippen molar-refractivity contribution in [1.82, 2.24) is 4.90 Å². The van der Waals surface area contributed by atoms with E-state index in [2.05, 4.69) is 93.3 Å². The van der Waals surface area contributed by atoms with Crippen molar-refractivity contribution in [3.63, 3.8) is 0 Å². The molecule has 0 amide bonds. The second-order valence-corrected chi connectivity index (χ2v) is 8.51. The van der Waals surface area contributed by atoms with Crippen LogP contribution in [0.4, 0.5) is 0 Å². The van der Waals surface area contributed by atoms with Gasteiger partial charge in [0.05, 0.1) is 11.2 Å². The lowest BCUT2D eigenvalue weighted by Gasteiger charge is -2.32. The van der Waals surface area contributed by atoms with Gasteiger partial charge in [0.25, 0.3) is 0 Å². The van der Waals surface area contributed by atoms with E-state index in [4.69, 9.17) is 9.31 Å². The Balaban J connectivity index is 1.57. The zero-order chi connectivity index (χ0) is 19.3. The van der Waals surface area contributed by atoms with Gasteiger partial charge in [-0.3, -0.25) is 4.90 Å². The number of benzene rings is 2. The first kappa shape index (κ1) is 20.1. The number of hydrogen-bond donors (Lipinski definition) is 0. The SMILES string of the molecule is CC1(C)OB(CCCN(Cc2ccccc2)Cc2ccccc2)OC1(C)C. The van der Waals surface area contributed by atoms with Crippen molar-refractivity contribution >= 4 is 7.12 Å². The van der Waals surface area contributed by atoms with Crippen LogP contribution in [0.1, 0.15) is 45.2 Å². The molecule has 3 rings (SSSR count). The van der Waals surface area contributed by atoms with E-state index in [0.717, 1.165) is 32.4 Å². The predicted molar refractivity (Wildman–Crippen MR) is 113 cm³/mol. The molecule has 2 aromatic rings. The van der Waals surface area contributed by atoms with Crippen LogP contribution < -0.4 is 0 Å². The summed E-state index contributed by atoms with van der Waals surface area (Å²) in [6, 6.07) is 21.4. The minimum absolute atomic E-state index is 0.106. The van der Waals surface area contributed by atoms with E-state index in [9.17, 15) is 0 Å². The number of nitrogens with zero attached hydrogens (tertiary/aromatic N) is 1. The summed E-state index contributed by atoms with van der Waals surface area (Å²) in [4.78, 5) is 2.51. The van der Waals surface area contributed by atoms with E-state index >= 15 is 0 Å². The number of rotatable bonds is 8. The van der Waals surface area contributed by atoms with Gasteiger partial charge in [0, 0.05) is 13.1 Å². The van der Waals surface area contributed by atoms with Crippen LogP contribution in [0, 0.1) is 0 Å². The molecule has 1 heterocycles. The minimum atomic E-state index is -0.245. The van der Waals surface area contributed by atoms with Crippen LogP contribution in [-0.2, 0) is 22.4 Å². The Morgan fingerprint density at radius 2 is 1.19 bits per heavy atom. The molecule has 27 heavy (non-hydrogen) atoms. The Hall–Kier alpha value is -1.62. The molecular formula is C23H32BNO2. The third-order valence-electron chi connectivity index (χ3n) is 5.71. The van der Waals surface area contributed by atoms with E-state index in [0.29, 0.717) is 0 Å². The third-order valence-corrected chi connectivity index (χ3v) is 5.71. The summed E-state index contributed by atoms with van der Waals surface area (Å²) in [5.41, 5.74) is 2.21. The molecule has 4 heteroatoms. The van der Waals surface area contributed by atoms with Gasteiger partial charge in [-0.15, -0.1) is 0 Å². The van der Waals surface area contributed by atoms with Crippen molar-refractivity contribution in [2.45, 2.75) is 64.7 Å². The molecule has 0 aliphatic carbocycles. The molecular weight excluding hydrogens is 333 g/mol. The first-order valence-electron chi connectivity index (χ1n) is 10.0. The molecule has 0 bridgehead atoms. The fourth-order valence-electron chi connectivity index (χ4n) is 3.46. The van der Waals surface area contributed by atoms with Gasteiger partial charge in [0.2, 0.25) is 0 Å². The van der Waals surface area contributed by atoms with Gasteiger partial charge in [-0.05, 0) is 58.1 Å². The van der Waals surface area contributed by atoms with E-state index in [1.54, 1.807) is 0 Å². The van der Waals surface area contributed by atoms with E-state index in [1.807, 2.05) is 0 Å². The Labute approximate surface area is 164 Å². The molecule has 3 nitrogen and oxygen atoms in total. The topological polar surface area (TPSA) is 21.7 Å². The quantitative estimate of drug-likeness (QED) is 0.603. The average molecular weight is 365 g/mol. The van der Waals surface area contributed by atoms with Crippen molar-refractivity contribution in [3.8, 4) is 0 Å². The van der Waals surface area contributed by atoms with Crippen molar-refractivity contribution in [1.29, 1.82) is 0 Å². The fraction of sp³-hybridized carbons (Fsp3) is 0.478. The van der Waals surface area contributed by atoms with E-state index in [1.165, 1.54) is 11.1 Å². The molecule has 144 valence electrons. The molecule has 1 aliphatic heterocycles. The van der Waals surface area contributed by atoms with E-state index in [-0.39, 0.29) is 18.3 Å². The summed E-state index contributed by atoms with van der Waals surface area (Å²) in [5.74, 6) is 0. The van der Waals surface area contributed by atoms with Crippen LogP contribution in [0.2, 0.25) is 6.32 Å². The van der Waals surface area contributed by atoms with Gasteiger partial charge in [-0.1, -0.05) is 60.7 Å². The molecule has 1 aliphatic rings. The summed E-state index contributed by atoms with van der Waals surface area (Å²) in [6.45, 7) is 11.4. The second-order valence-electron chi connectivity index (χ2n) is 8.51. The highest BCUT2D eigenvalue weighted by Crippen LogP contribution is 2.37. The lowest BCUT2D eigenvalue weighted by molar-refractivity contribution is 0.00578. The monoisotopic (exact) mass is 365 g/mol. The lowest BCUT2D eigenvalue weighted by atomic mass is 9.83. The number of hydrogen-bond acceptors (Lipinski definition) is 3. The van der Waals surface area contributed by atoms with Crippen LogP contribution in [0.15, 0.2) is 60.7 Å². The molecule has 0 N–H and O–H groups in total. The van der Waals surface area contributed by atoms with Crippen molar-refractivity contribution in [3.05, 3.63) is 71.8 Å². The smallest absolute Gasteiger partial charge is 0.403 e. The Morgan fingerprint density at radius 3 is 1.63 bits per heavy atom. The molecule has 0 atom stereocenters. The summed E-state index contributed by atoms with van der Waals surface area (Å²) >= 11 is 0. The minimum Gasteiger partial charge on any atom is -0.403 e. The predicted octanol–water partition coefficient (Wildman–Crippen LogP) is 5.17. The molecule has 0 unspecified atom stereocenters. The highest BCUT2D eigenvalue weighted by molar-refractivity contribution is 6.45. The molecule has 0 spiro atoms. The zero-order valence-corrected chi connectivity index (χ0v) is 17.2. The Kier molecular flexibility index (Phi) is 6.41. The third kappa shape index (κ3) is 5.44. The van der Waals surface area contributed by atoms with Crippen LogP contribution in [0.25, 0.3) is 0 Å². The summed E-state index contributed by atoms with van der Waals surface area (Å²) in [6.07, 6.45) is 1.98. The highest BCUT2D eigenvalue weighted by atomic mass is 16.7. The van der Waals surface area contributed by atoms with Crippen LogP contribution in [0.3, 0.4) is 0 Å². The van der Waals surface area contributed by atoms with Crippen LogP contribution in [-0.4, -0.2) is 29.8 Å². The zero-order valence-electron chi connectivity index (χ0n) is 17.2. The molecule has 0 aromatic heterocycles. The molecule has 1 fully saturated rings. The largest absolute Gasteiger partial charge is 0.457 e. The first-order chi connectivity index (χ1) is 12.9. The van der Waals surface area contributed by atoms with Crippen molar-refractivity contribution in [2.75, 3.05) is 6.54 Å². The van der Waals surface area contributed by atoms with Gasteiger partial charge in [0.15, 0.2) is 0 Å². The second kappa shape index (κ2) is 8.60. The normalized spacial score (nSPS) is 18.2. The summed E-state index contributed by atoms with van der Waals surface area (Å²) in [7, 11) is -0.106. The summed E-state index contributed by atoms with van der Waals surface area (Å²) in [5, 5.41) is 0. The average Bonchev–Trinajstić information content (AvgIpc) is 2.83. The fourth-order valence-corrected chi connectivity index (χ4v) is 3.46. The summed E-state index contributed by atoms with van der Waals surface area (Å²) < 4.78 is 12.3. The molecule has 0 saturated carbocycles. The lowest BCUT2D eigenvalue weighted by Crippen LogP contribution is -2.41. The molecule has 2 aromatic carbocycles. The first-order valence-corrected chi connectivity index (χ1v) is 10.0. The van der Waals surface area contributed by atoms with E-state index < -0.39 is 0 Å². The van der Waals surface area contributed by atoms with Gasteiger partial charge in [-0.25, -0.2) is 0 Å². The van der Waals surface area contributed by atoms with Gasteiger partial charge >= 0.3 is 7.12 Å². The van der Waals surface area contributed by atoms with Crippen molar-refractivity contribution < 1.29 is 9.31 Å². The van der Waals surface area contributed by atoms with Crippen molar-refractivity contribution in [2.24, 2.45) is 0 Å².